The predicted octanol–water partition coefficient (Wildman–Crippen LogP) is 5.09. The lowest BCUT2D eigenvalue weighted by Crippen LogP contribution is -2.29. The van der Waals surface area contributed by atoms with Crippen molar-refractivity contribution in [2.24, 2.45) is 0 Å². The Balaban J connectivity index is 1.83. The number of aliphatic hydroxyl groups is 1. The van der Waals surface area contributed by atoms with Gasteiger partial charge in [0.05, 0.1) is 24.3 Å². The predicted molar refractivity (Wildman–Crippen MR) is 133 cm³/mol. The van der Waals surface area contributed by atoms with E-state index in [2.05, 4.69) is 15.9 Å². The van der Waals surface area contributed by atoms with Crippen LogP contribution < -0.4 is 4.74 Å². The van der Waals surface area contributed by atoms with Gasteiger partial charge in [0.2, 0.25) is 0 Å². The molecule has 2 N–H and O–H groups in total. The van der Waals surface area contributed by atoms with Gasteiger partial charge >= 0.3 is 5.97 Å². The molecule has 178 valence electrons. The Morgan fingerprint density at radius 3 is 2.17 bits per heavy atom. The summed E-state index contributed by atoms with van der Waals surface area (Å²) in [7, 11) is 1.54. The van der Waals surface area contributed by atoms with Crippen LogP contribution in [0.4, 0.5) is 0 Å². The molecule has 1 atom stereocenters. The summed E-state index contributed by atoms with van der Waals surface area (Å²) in [6.07, 6.45) is 0. The number of benzene rings is 3. The molecule has 1 fully saturated rings. The minimum absolute atomic E-state index is 0.0101. The zero-order valence-electron chi connectivity index (χ0n) is 19.0. The molecule has 1 saturated heterocycles. The fourth-order valence-electron chi connectivity index (χ4n) is 4.07. The van der Waals surface area contributed by atoms with Crippen LogP contribution in [0.3, 0.4) is 0 Å². The molecule has 0 aromatic heterocycles. The number of carbonyl (C=O) groups excluding carboxylic acids is 2. The summed E-state index contributed by atoms with van der Waals surface area (Å²) in [5, 5.41) is 20.4. The number of likely N-dealkylation sites (tertiary alicyclic amines) is 1. The quantitative estimate of drug-likeness (QED) is 0.259. The van der Waals surface area contributed by atoms with Crippen LogP contribution in [-0.2, 0) is 16.1 Å². The van der Waals surface area contributed by atoms with Gasteiger partial charge in [-0.15, -0.1) is 0 Å². The van der Waals surface area contributed by atoms with E-state index in [1.54, 1.807) is 54.6 Å². The average molecular weight is 536 g/mol. The Morgan fingerprint density at radius 2 is 1.60 bits per heavy atom. The fraction of sp³-hybridized carbons (Fsp3) is 0.148. The van der Waals surface area contributed by atoms with Crippen molar-refractivity contribution in [3.05, 3.63) is 105 Å². The van der Waals surface area contributed by atoms with E-state index in [-0.39, 0.29) is 23.4 Å². The Bertz CT molecular complexity index is 1350. The molecule has 0 radical (unpaired) electrons. The number of carbonyl (C=O) groups is 3. The standard InChI is InChI=1S/C27H22BrNO6/c1-15-13-19(9-12-21(15)28)24(30)22-23(17-7-10-20(35-2)11-8-17)29(26(32)25(22)31)14-16-3-5-18(6-4-16)27(33)34/h3-13,23,30H,14H2,1-2H3,(H,33,34)/b24-22-. The summed E-state index contributed by atoms with van der Waals surface area (Å²) in [5.74, 6) is -2.24. The van der Waals surface area contributed by atoms with E-state index in [1.807, 2.05) is 6.92 Å². The molecule has 1 heterocycles. The van der Waals surface area contributed by atoms with Crippen molar-refractivity contribution in [3.63, 3.8) is 0 Å². The van der Waals surface area contributed by atoms with E-state index < -0.39 is 23.7 Å². The van der Waals surface area contributed by atoms with Crippen LogP contribution in [0.25, 0.3) is 5.76 Å². The number of methoxy groups -OCH3 is 1. The molecule has 4 rings (SSSR count). The molecule has 1 aliphatic rings. The summed E-state index contributed by atoms with van der Waals surface area (Å²) in [6, 6.07) is 17.4. The molecule has 0 saturated carbocycles. The summed E-state index contributed by atoms with van der Waals surface area (Å²) >= 11 is 3.43. The molecular weight excluding hydrogens is 514 g/mol. The molecular formula is C27H22BrNO6. The van der Waals surface area contributed by atoms with Crippen LogP contribution in [0, 0.1) is 6.92 Å². The number of hydrogen-bond donors (Lipinski definition) is 2. The van der Waals surface area contributed by atoms with E-state index in [4.69, 9.17) is 9.84 Å². The van der Waals surface area contributed by atoms with Crippen LogP contribution in [0.15, 0.2) is 76.8 Å². The Kier molecular flexibility index (Phi) is 6.75. The topological polar surface area (TPSA) is 104 Å². The maximum atomic E-state index is 13.2. The monoisotopic (exact) mass is 535 g/mol. The van der Waals surface area contributed by atoms with Crippen LogP contribution in [0.2, 0.25) is 0 Å². The number of ether oxygens (including phenoxy) is 1. The molecule has 3 aromatic rings. The van der Waals surface area contributed by atoms with E-state index >= 15 is 0 Å². The number of hydrogen-bond acceptors (Lipinski definition) is 5. The average Bonchev–Trinajstić information content (AvgIpc) is 3.10. The zero-order chi connectivity index (χ0) is 25.3. The first-order valence-electron chi connectivity index (χ1n) is 10.7. The highest BCUT2D eigenvalue weighted by molar-refractivity contribution is 9.10. The van der Waals surface area contributed by atoms with Gasteiger partial charge in [0.15, 0.2) is 0 Å². The van der Waals surface area contributed by atoms with E-state index in [9.17, 15) is 19.5 Å². The van der Waals surface area contributed by atoms with Gasteiger partial charge in [0.25, 0.3) is 11.7 Å². The summed E-state index contributed by atoms with van der Waals surface area (Å²) < 4.78 is 6.09. The van der Waals surface area contributed by atoms with Gasteiger partial charge in [-0.05, 0) is 60.0 Å². The van der Waals surface area contributed by atoms with Gasteiger partial charge in [0, 0.05) is 16.6 Å². The number of nitrogens with zero attached hydrogens (tertiary/aromatic N) is 1. The van der Waals surface area contributed by atoms with Gasteiger partial charge in [-0.1, -0.05) is 46.3 Å². The van der Waals surface area contributed by atoms with Crippen molar-refractivity contribution < 1.29 is 29.3 Å². The summed E-state index contributed by atoms with van der Waals surface area (Å²) in [6.45, 7) is 1.92. The molecule has 0 bridgehead atoms. The number of aromatic carboxylic acids is 1. The number of Topliss-reactive ketones (excluding diaryl/α,β-unsaturated/α-hetero) is 1. The fourth-order valence-corrected chi connectivity index (χ4v) is 4.32. The molecule has 8 heteroatoms. The zero-order valence-corrected chi connectivity index (χ0v) is 20.6. The molecule has 35 heavy (non-hydrogen) atoms. The smallest absolute Gasteiger partial charge is 0.335 e. The molecule has 1 amide bonds. The van der Waals surface area contributed by atoms with Crippen molar-refractivity contribution in [2.75, 3.05) is 7.11 Å². The molecule has 1 aliphatic heterocycles. The van der Waals surface area contributed by atoms with Crippen LogP contribution in [0.5, 0.6) is 5.75 Å². The third-order valence-corrected chi connectivity index (χ3v) is 6.85. The van der Waals surface area contributed by atoms with Crippen molar-refractivity contribution in [1.29, 1.82) is 0 Å². The molecule has 0 aliphatic carbocycles. The van der Waals surface area contributed by atoms with Crippen LogP contribution in [-0.4, -0.2) is 39.9 Å². The van der Waals surface area contributed by atoms with Crippen LogP contribution in [0.1, 0.15) is 38.7 Å². The minimum atomic E-state index is -1.06. The van der Waals surface area contributed by atoms with Gasteiger partial charge in [-0.25, -0.2) is 4.79 Å². The van der Waals surface area contributed by atoms with Gasteiger partial charge < -0.3 is 19.8 Å². The number of carboxylic acid groups (broad SMARTS) is 1. The van der Waals surface area contributed by atoms with Crippen molar-refractivity contribution in [1.82, 2.24) is 4.90 Å². The van der Waals surface area contributed by atoms with Gasteiger partial charge in [-0.2, -0.15) is 0 Å². The SMILES string of the molecule is COc1ccc(C2/C(=C(/O)c3ccc(Br)c(C)c3)C(=O)C(=O)N2Cc2ccc(C(=O)O)cc2)cc1. The van der Waals surface area contributed by atoms with Crippen molar-refractivity contribution >= 4 is 39.3 Å². The number of amides is 1. The van der Waals surface area contributed by atoms with Crippen molar-refractivity contribution in [3.8, 4) is 5.75 Å². The lowest BCUT2D eigenvalue weighted by atomic mass is 9.94. The first kappa shape index (κ1) is 24.2. The Labute approximate surface area is 210 Å². The third-order valence-electron chi connectivity index (χ3n) is 5.96. The highest BCUT2D eigenvalue weighted by Crippen LogP contribution is 2.41. The number of rotatable bonds is 6. The third kappa shape index (κ3) is 4.70. The van der Waals surface area contributed by atoms with Gasteiger partial charge in [0.1, 0.15) is 11.5 Å². The van der Waals surface area contributed by atoms with E-state index in [0.29, 0.717) is 22.4 Å². The minimum Gasteiger partial charge on any atom is -0.507 e. The van der Waals surface area contributed by atoms with E-state index in [0.717, 1.165) is 10.0 Å². The highest BCUT2D eigenvalue weighted by atomic mass is 79.9. The number of ketones is 1. The second-order valence-corrected chi connectivity index (χ2v) is 9.02. The lowest BCUT2D eigenvalue weighted by molar-refractivity contribution is -0.140. The van der Waals surface area contributed by atoms with E-state index in [1.165, 1.54) is 24.1 Å². The highest BCUT2D eigenvalue weighted by Gasteiger charge is 2.46. The number of halogens is 1. The second-order valence-electron chi connectivity index (χ2n) is 8.17. The first-order chi connectivity index (χ1) is 16.7. The molecule has 0 spiro atoms. The Hall–Kier alpha value is -3.91. The number of aryl methyl sites for hydroxylation is 1. The van der Waals surface area contributed by atoms with Crippen LogP contribution >= 0.6 is 15.9 Å². The van der Waals surface area contributed by atoms with Gasteiger partial charge in [-0.3, -0.25) is 9.59 Å². The van der Waals surface area contributed by atoms with Crippen molar-refractivity contribution in [2.45, 2.75) is 19.5 Å². The maximum absolute atomic E-state index is 13.2. The Morgan fingerprint density at radius 1 is 0.971 bits per heavy atom. The lowest BCUT2D eigenvalue weighted by Gasteiger charge is -2.25. The maximum Gasteiger partial charge on any atom is 0.335 e. The molecule has 7 nitrogen and oxygen atoms in total. The normalized spacial score (nSPS) is 17.0. The largest absolute Gasteiger partial charge is 0.507 e. The summed E-state index contributed by atoms with van der Waals surface area (Å²) in [4.78, 5) is 38.9. The molecule has 3 aromatic carbocycles. The molecule has 1 unspecified atom stereocenters. The summed E-state index contributed by atoms with van der Waals surface area (Å²) in [5.41, 5.74) is 2.67. The number of carboxylic acids is 1. The first-order valence-corrected chi connectivity index (χ1v) is 11.5. The number of aliphatic hydroxyl groups excluding tert-OH is 1. The second kappa shape index (κ2) is 9.76.